The van der Waals surface area contributed by atoms with Crippen molar-refractivity contribution in [1.82, 2.24) is 28.7 Å². The topological polar surface area (TPSA) is 22.8 Å². The molecule has 6 nitrogen and oxygen atoms in total. The zero-order valence-corrected chi connectivity index (χ0v) is 30.9. The van der Waals surface area contributed by atoms with Gasteiger partial charge in [0.15, 0.2) is 0 Å². The predicted octanol–water partition coefficient (Wildman–Crippen LogP) is 9.53. The summed E-state index contributed by atoms with van der Waals surface area (Å²) in [5.41, 5.74) is 13.3. The molecule has 4 unspecified atom stereocenters. The monoisotopic (exact) mass is 706 g/mol. The molecule has 11 rings (SSSR count). The van der Waals surface area contributed by atoms with Gasteiger partial charge in [-0.1, -0.05) is 84.9 Å². The van der Waals surface area contributed by atoms with Crippen molar-refractivity contribution in [3.63, 3.8) is 0 Å². The molecule has 6 heteroatoms. The van der Waals surface area contributed by atoms with Crippen LogP contribution < -0.4 is 0 Å². The number of fused-ring (bicyclic) bond motifs is 14. The Hall–Kier alpha value is -5.24. The summed E-state index contributed by atoms with van der Waals surface area (Å²) in [6, 6.07) is 50.5. The molecule has 0 spiro atoms. The van der Waals surface area contributed by atoms with Crippen LogP contribution in [0.15, 0.2) is 133 Å². The van der Waals surface area contributed by atoms with E-state index in [-0.39, 0.29) is 0 Å². The third-order valence-electron chi connectivity index (χ3n) is 12.1. The molecule has 4 atom stereocenters. The largest absolute Gasteiger partial charge is 0.309 e. The van der Waals surface area contributed by atoms with E-state index in [0.717, 1.165) is 65.7 Å². The Morgan fingerprint density at radius 3 is 0.889 bits per heavy atom. The summed E-state index contributed by atoms with van der Waals surface area (Å²) in [4.78, 5) is 10.7. The van der Waals surface area contributed by atoms with Crippen LogP contribution in [-0.4, -0.2) is 68.3 Å². The molecular weight excluding hydrogens is 661 g/mol. The Labute approximate surface area is 317 Å². The second-order valence-corrected chi connectivity index (χ2v) is 16.0. The van der Waals surface area contributed by atoms with Crippen LogP contribution in [0.3, 0.4) is 0 Å². The summed E-state index contributed by atoms with van der Waals surface area (Å²) in [6.07, 6.45) is 2.36. The maximum Gasteiger partial charge on any atom is 0.0541 e. The Bertz CT molecular complexity index is 2330. The van der Waals surface area contributed by atoms with Crippen LogP contribution in [-0.2, 0) is 26.2 Å². The van der Waals surface area contributed by atoms with Gasteiger partial charge in [-0.3, -0.25) is 19.6 Å². The van der Waals surface area contributed by atoms with Crippen molar-refractivity contribution in [3.8, 4) is 11.4 Å². The number of hydrogen-bond donors (Lipinski definition) is 0. The second-order valence-electron chi connectivity index (χ2n) is 16.0. The summed E-state index contributed by atoms with van der Waals surface area (Å²) >= 11 is 0. The smallest absolute Gasteiger partial charge is 0.0541 e. The summed E-state index contributed by atoms with van der Waals surface area (Å²) in [5.74, 6) is 0. The minimum Gasteiger partial charge on any atom is -0.309 e. The van der Waals surface area contributed by atoms with Crippen molar-refractivity contribution in [2.45, 2.75) is 39.0 Å². The van der Waals surface area contributed by atoms with Crippen LogP contribution in [0.2, 0.25) is 0 Å². The highest BCUT2D eigenvalue weighted by atomic mass is 15.3. The van der Waals surface area contributed by atoms with E-state index in [1.165, 1.54) is 90.1 Å². The van der Waals surface area contributed by atoms with Crippen molar-refractivity contribution >= 4 is 43.6 Å². The first kappa shape index (κ1) is 32.2. The third-order valence-corrected chi connectivity index (χ3v) is 12.1. The average molecular weight is 707 g/mol. The molecule has 8 aromatic rings. The van der Waals surface area contributed by atoms with E-state index in [4.69, 9.17) is 0 Å². The van der Waals surface area contributed by atoms with Crippen molar-refractivity contribution in [2.75, 3.05) is 39.5 Å². The van der Waals surface area contributed by atoms with Gasteiger partial charge in [0.05, 0.1) is 35.4 Å². The first-order valence-electron chi connectivity index (χ1n) is 19.8. The molecule has 2 aromatic heterocycles. The third kappa shape index (κ3) is 5.73. The molecule has 0 radical (unpaired) electrons. The molecule has 3 aliphatic heterocycles. The number of para-hydroxylation sites is 4. The lowest BCUT2D eigenvalue weighted by molar-refractivity contribution is 0.0717. The highest BCUT2D eigenvalue weighted by molar-refractivity contribution is 6.10. The summed E-state index contributed by atoms with van der Waals surface area (Å²) in [6.45, 7) is 10.3. The maximum absolute atomic E-state index is 2.67. The fourth-order valence-corrected chi connectivity index (χ4v) is 9.94. The summed E-state index contributed by atoms with van der Waals surface area (Å²) in [5, 5.41) is 5.27. The maximum atomic E-state index is 2.67. The van der Waals surface area contributed by atoms with Crippen LogP contribution in [0.4, 0.5) is 0 Å². The van der Waals surface area contributed by atoms with Gasteiger partial charge in [0.2, 0.25) is 0 Å². The first-order chi connectivity index (χ1) is 26.7. The van der Waals surface area contributed by atoms with Crippen LogP contribution in [0.25, 0.3) is 55.0 Å². The molecule has 2 fully saturated rings. The van der Waals surface area contributed by atoms with Gasteiger partial charge in [0.1, 0.15) is 0 Å². The van der Waals surface area contributed by atoms with Crippen molar-refractivity contribution in [1.29, 1.82) is 0 Å². The molecular formula is C48H46N6. The van der Waals surface area contributed by atoms with Gasteiger partial charge in [-0.15, -0.1) is 0 Å². The molecule has 0 amide bonds. The fraction of sp³-hybridized carbons (Fsp3) is 0.250. The zero-order chi connectivity index (χ0) is 35.6. The van der Waals surface area contributed by atoms with Gasteiger partial charge in [-0.05, 0) is 83.6 Å². The van der Waals surface area contributed by atoms with Gasteiger partial charge >= 0.3 is 0 Å². The first-order valence-corrected chi connectivity index (χ1v) is 19.8. The van der Waals surface area contributed by atoms with Gasteiger partial charge in [0, 0.05) is 85.3 Å². The van der Waals surface area contributed by atoms with E-state index < -0.39 is 0 Å². The molecule has 268 valence electrons. The number of benzene rings is 6. The molecule has 54 heavy (non-hydrogen) atoms. The SMILES string of the molecule is c1ccc2c(c1)c1ccccc1n2-c1cc2cc(c1)CN1CCCN(Cc3cc(cc(-n4c5ccccc5c5ccccc54)c3)CN3CCCN(C2)C3)C1. The lowest BCUT2D eigenvalue weighted by atomic mass is 10.0. The second kappa shape index (κ2) is 13.3. The van der Waals surface area contributed by atoms with Gasteiger partial charge < -0.3 is 9.13 Å². The lowest BCUT2D eigenvalue weighted by Crippen LogP contribution is -2.44. The molecule has 2 saturated heterocycles. The van der Waals surface area contributed by atoms with E-state index in [0.29, 0.717) is 0 Å². The Morgan fingerprint density at radius 2 is 0.593 bits per heavy atom. The number of rotatable bonds is 2. The summed E-state index contributed by atoms with van der Waals surface area (Å²) in [7, 11) is 0. The fourth-order valence-electron chi connectivity index (χ4n) is 9.94. The number of hydrogen-bond acceptors (Lipinski definition) is 4. The highest BCUT2D eigenvalue weighted by Gasteiger charge is 2.24. The Morgan fingerprint density at radius 1 is 0.315 bits per heavy atom. The molecule has 0 N–H and O–H groups in total. The number of aromatic nitrogens is 2. The van der Waals surface area contributed by atoms with Crippen LogP contribution in [0.5, 0.6) is 0 Å². The van der Waals surface area contributed by atoms with Gasteiger partial charge in [-0.25, -0.2) is 0 Å². The van der Waals surface area contributed by atoms with Crippen LogP contribution >= 0.6 is 0 Å². The minimum atomic E-state index is 0.952. The molecule has 0 aliphatic carbocycles. The van der Waals surface area contributed by atoms with Crippen LogP contribution in [0, 0.1) is 0 Å². The van der Waals surface area contributed by atoms with E-state index in [9.17, 15) is 0 Å². The molecule has 6 aromatic carbocycles. The Kier molecular flexibility index (Phi) is 7.91. The van der Waals surface area contributed by atoms with E-state index in [1.807, 2.05) is 0 Å². The Balaban J connectivity index is 1.00. The van der Waals surface area contributed by atoms with E-state index >= 15 is 0 Å². The highest BCUT2D eigenvalue weighted by Crippen LogP contribution is 2.35. The normalized spacial score (nSPS) is 21.9. The van der Waals surface area contributed by atoms with Crippen molar-refractivity contribution in [3.05, 3.63) is 156 Å². The van der Waals surface area contributed by atoms with Crippen molar-refractivity contribution in [2.24, 2.45) is 0 Å². The van der Waals surface area contributed by atoms with E-state index in [2.05, 4.69) is 162 Å². The average Bonchev–Trinajstić information content (AvgIpc) is 3.71. The predicted molar refractivity (Wildman–Crippen MR) is 222 cm³/mol. The zero-order valence-electron chi connectivity index (χ0n) is 30.9. The van der Waals surface area contributed by atoms with Gasteiger partial charge in [0.25, 0.3) is 0 Å². The van der Waals surface area contributed by atoms with E-state index in [1.54, 1.807) is 0 Å². The van der Waals surface area contributed by atoms with Crippen molar-refractivity contribution < 1.29 is 0 Å². The molecule has 5 heterocycles. The quantitative estimate of drug-likeness (QED) is 0.179. The molecule has 8 bridgehead atoms. The number of nitrogens with zero attached hydrogens (tertiary/aromatic N) is 6. The van der Waals surface area contributed by atoms with Crippen LogP contribution in [0.1, 0.15) is 35.1 Å². The molecule has 0 saturated carbocycles. The van der Waals surface area contributed by atoms with Gasteiger partial charge in [-0.2, -0.15) is 0 Å². The lowest BCUT2D eigenvalue weighted by Gasteiger charge is -2.37. The summed E-state index contributed by atoms with van der Waals surface area (Å²) < 4.78 is 5.00. The minimum absolute atomic E-state index is 0.952. The molecule has 3 aliphatic rings. The standard InChI is InChI=1S/C48H46N6/c1-5-15-45-41(11-1)42-12-2-6-16-46(42)53(45)39-25-35-23-36(26-39)30-50-20-10-22-52(34-50)32-38-24-37(31-51-21-9-19-49(29-35)33-51)27-40(28-38)54-47-17-7-3-13-43(47)44-14-4-8-18-48(44)54/h1-8,11-18,23-28H,9-10,19-22,29-34H2.